The van der Waals surface area contributed by atoms with Crippen LogP contribution in [0.15, 0.2) is 6.07 Å². The van der Waals surface area contributed by atoms with Gasteiger partial charge in [-0.15, -0.1) is 11.6 Å². The highest BCUT2D eigenvalue weighted by Crippen LogP contribution is 2.25. The Balaban J connectivity index is 3.33. The Morgan fingerprint density at radius 2 is 2.21 bits per heavy atom. The summed E-state index contributed by atoms with van der Waals surface area (Å²) >= 11 is 11.0. The molecule has 0 aliphatic rings. The number of hydrogen-bond donors (Lipinski definition) is 0. The van der Waals surface area contributed by atoms with Crippen molar-refractivity contribution in [3.8, 4) is 6.07 Å². The summed E-state index contributed by atoms with van der Waals surface area (Å²) in [5.74, 6) is 0.0318. The minimum Gasteiger partial charge on any atom is -0.233 e. The van der Waals surface area contributed by atoms with E-state index in [0.717, 1.165) is 0 Å². The number of rotatable bonds is 2. The van der Waals surface area contributed by atoms with E-state index in [1.807, 2.05) is 0 Å². The Morgan fingerprint density at radius 1 is 1.57 bits per heavy atom. The van der Waals surface area contributed by atoms with E-state index in [0.29, 0.717) is 5.56 Å². The third kappa shape index (κ3) is 2.11. The van der Waals surface area contributed by atoms with Crippen LogP contribution in [-0.2, 0) is 5.88 Å². The summed E-state index contributed by atoms with van der Waals surface area (Å²) in [6.07, 6.45) is -2.81. The number of aromatic nitrogens is 1. The van der Waals surface area contributed by atoms with Gasteiger partial charge in [-0.05, 0) is 6.07 Å². The number of nitrogens with zero attached hydrogens (tertiary/aromatic N) is 2. The molecule has 6 heteroatoms. The topological polar surface area (TPSA) is 36.7 Å². The predicted octanol–water partition coefficient (Wildman–Crippen LogP) is 3.28. The predicted molar refractivity (Wildman–Crippen MR) is 48.5 cm³/mol. The van der Waals surface area contributed by atoms with Gasteiger partial charge < -0.3 is 0 Å². The van der Waals surface area contributed by atoms with Gasteiger partial charge in [0.15, 0.2) is 0 Å². The van der Waals surface area contributed by atoms with Crippen LogP contribution in [0.3, 0.4) is 0 Å². The Bertz CT molecular complexity index is 388. The number of alkyl halides is 3. The quantitative estimate of drug-likeness (QED) is 0.584. The molecule has 1 rings (SSSR count). The molecule has 74 valence electrons. The summed E-state index contributed by atoms with van der Waals surface area (Å²) in [4.78, 5) is 3.42. The van der Waals surface area contributed by atoms with Gasteiger partial charge in [0.1, 0.15) is 16.9 Å². The summed E-state index contributed by atoms with van der Waals surface area (Å²) in [5.41, 5.74) is -0.430. The average molecular weight is 237 g/mol. The zero-order valence-corrected chi connectivity index (χ0v) is 8.28. The molecule has 0 aliphatic carbocycles. The van der Waals surface area contributed by atoms with Gasteiger partial charge in [0, 0.05) is 5.56 Å². The maximum Gasteiger partial charge on any atom is 0.281 e. The first-order valence-electron chi connectivity index (χ1n) is 3.53. The SMILES string of the molecule is N#Cc1cc(CCl)c(Cl)nc1C(F)F. The molecule has 0 bridgehead atoms. The van der Waals surface area contributed by atoms with Gasteiger partial charge in [0.05, 0.1) is 11.4 Å². The van der Waals surface area contributed by atoms with Crippen molar-refractivity contribution < 1.29 is 8.78 Å². The van der Waals surface area contributed by atoms with Crippen LogP contribution >= 0.6 is 23.2 Å². The molecule has 0 spiro atoms. The smallest absolute Gasteiger partial charge is 0.233 e. The van der Waals surface area contributed by atoms with Crippen molar-refractivity contribution in [3.63, 3.8) is 0 Å². The van der Waals surface area contributed by atoms with E-state index in [9.17, 15) is 8.78 Å². The molecule has 0 fully saturated rings. The molecule has 1 heterocycles. The summed E-state index contributed by atoms with van der Waals surface area (Å²) < 4.78 is 24.6. The Labute approximate surface area is 89.1 Å². The lowest BCUT2D eigenvalue weighted by Crippen LogP contribution is -1.98. The fourth-order valence-corrected chi connectivity index (χ4v) is 1.38. The lowest BCUT2D eigenvalue weighted by molar-refractivity contribution is 0.145. The van der Waals surface area contributed by atoms with Crippen LogP contribution in [0.25, 0.3) is 0 Å². The van der Waals surface area contributed by atoms with E-state index >= 15 is 0 Å². The van der Waals surface area contributed by atoms with Crippen LogP contribution in [0.1, 0.15) is 23.2 Å². The highest BCUT2D eigenvalue weighted by Gasteiger charge is 2.17. The minimum atomic E-state index is -2.81. The molecule has 0 saturated heterocycles. The van der Waals surface area contributed by atoms with Crippen molar-refractivity contribution in [2.24, 2.45) is 0 Å². The fraction of sp³-hybridized carbons (Fsp3) is 0.250. The minimum absolute atomic E-state index is 0.0318. The number of nitriles is 1. The first-order valence-corrected chi connectivity index (χ1v) is 4.45. The monoisotopic (exact) mass is 236 g/mol. The molecule has 1 aromatic heterocycles. The van der Waals surface area contributed by atoms with Crippen LogP contribution in [0.4, 0.5) is 8.78 Å². The lowest BCUT2D eigenvalue weighted by atomic mass is 10.1. The molecule has 0 unspecified atom stereocenters. The van der Waals surface area contributed by atoms with Gasteiger partial charge in [0.25, 0.3) is 6.43 Å². The van der Waals surface area contributed by atoms with E-state index in [4.69, 9.17) is 28.5 Å². The Morgan fingerprint density at radius 3 is 2.64 bits per heavy atom. The molecule has 1 aromatic rings. The van der Waals surface area contributed by atoms with Crippen molar-refractivity contribution in [3.05, 3.63) is 28.0 Å². The van der Waals surface area contributed by atoms with E-state index in [1.54, 1.807) is 6.07 Å². The first kappa shape index (κ1) is 11.2. The maximum atomic E-state index is 12.3. The van der Waals surface area contributed by atoms with Gasteiger partial charge in [-0.2, -0.15) is 5.26 Å². The molecule has 0 amide bonds. The first-order chi connectivity index (χ1) is 6.60. The second kappa shape index (κ2) is 4.54. The van der Waals surface area contributed by atoms with Crippen molar-refractivity contribution in [2.45, 2.75) is 12.3 Å². The Hall–Kier alpha value is -0.920. The Kier molecular flexibility index (Phi) is 3.62. The standard InChI is InChI=1S/C8H4Cl2F2N2/c9-2-4-1-5(3-13)6(8(11)12)14-7(4)10/h1,8H,2H2. The molecule has 2 nitrogen and oxygen atoms in total. The van der Waals surface area contributed by atoms with Crippen molar-refractivity contribution in [1.82, 2.24) is 4.98 Å². The molecule has 0 atom stereocenters. The zero-order chi connectivity index (χ0) is 10.7. The number of halogens is 4. The van der Waals surface area contributed by atoms with Crippen LogP contribution < -0.4 is 0 Å². The highest BCUT2D eigenvalue weighted by atomic mass is 35.5. The van der Waals surface area contributed by atoms with Crippen molar-refractivity contribution >= 4 is 23.2 Å². The van der Waals surface area contributed by atoms with E-state index < -0.39 is 12.1 Å². The number of pyridine rings is 1. The van der Waals surface area contributed by atoms with Gasteiger partial charge in [-0.3, -0.25) is 0 Å². The third-order valence-corrected chi connectivity index (χ3v) is 2.16. The van der Waals surface area contributed by atoms with Gasteiger partial charge in [0.2, 0.25) is 0 Å². The normalized spacial score (nSPS) is 10.3. The summed E-state index contributed by atoms with van der Waals surface area (Å²) in [7, 11) is 0. The molecule has 0 aromatic carbocycles. The molecule has 0 saturated carbocycles. The van der Waals surface area contributed by atoms with Crippen LogP contribution in [0.5, 0.6) is 0 Å². The summed E-state index contributed by atoms with van der Waals surface area (Å²) in [5, 5.41) is 8.48. The molecule has 0 radical (unpaired) electrons. The van der Waals surface area contributed by atoms with Gasteiger partial charge >= 0.3 is 0 Å². The van der Waals surface area contributed by atoms with Crippen LogP contribution in [-0.4, -0.2) is 4.98 Å². The average Bonchev–Trinajstić information content (AvgIpc) is 2.17. The van der Waals surface area contributed by atoms with E-state index in [-0.39, 0.29) is 16.6 Å². The molecule has 0 aliphatic heterocycles. The van der Waals surface area contributed by atoms with E-state index in [2.05, 4.69) is 4.98 Å². The van der Waals surface area contributed by atoms with E-state index in [1.165, 1.54) is 6.07 Å². The molecule has 14 heavy (non-hydrogen) atoms. The molecular weight excluding hydrogens is 233 g/mol. The van der Waals surface area contributed by atoms with Gasteiger partial charge in [-0.1, -0.05) is 11.6 Å². The van der Waals surface area contributed by atoms with Crippen molar-refractivity contribution in [1.29, 1.82) is 5.26 Å². The second-order valence-electron chi connectivity index (χ2n) is 2.42. The van der Waals surface area contributed by atoms with Crippen LogP contribution in [0.2, 0.25) is 5.15 Å². The largest absolute Gasteiger partial charge is 0.281 e. The third-order valence-electron chi connectivity index (χ3n) is 1.55. The van der Waals surface area contributed by atoms with Crippen molar-refractivity contribution in [2.75, 3.05) is 0 Å². The van der Waals surface area contributed by atoms with Crippen LogP contribution in [0, 0.1) is 11.3 Å². The highest BCUT2D eigenvalue weighted by molar-refractivity contribution is 6.31. The zero-order valence-electron chi connectivity index (χ0n) is 6.77. The molecular formula is C8H4Cl2F2N2. The van der Waals surface area contributed by atoms with Gasteiger partial charge in [-0.25, -0.2) is 13.8 Å². The summed E-state index contributed by atoms with van der Waals surface area (Å²) in [6, 6.07) is 2.85. The maximum absolute atomic E-state index is 12.3. The molecule has 0 N–H and O–H groups in total. The number of hydrogen-bond acceptors (Lipinski definition) is 2. The lowest BCUT2D eigenvalue weighted by Gasteiger charge is -2.05. The summed E-state index contributed by atoms with van der Waals surface area (Å²) in [6.45, 7) is 0. The second-order valence-corrected chi connectivity index (χ2v) is 3.04. The fourth-order valence-electron chi connectivity index (χ4n) is 0.895.